The average Bonchev–Trinajstić information content (AvgIpc) is 2.71. The summed E-state index contributed by atoms with van der Waals surface area (Å²) in [6.45, 7) is 7.36. The molecule has 1 atom stereocenters. The number of ether oxygens (including phenoxy) is 1. The quantitative estimate of drug-likeness (QED) is 0.729. The van der Waals surface area contributed by atoms with Crippen molar-refractivity contribution in [2.24, 2.45) is 0 Å². The zero-order valence-corrected chi connectivity index (χ0v) is 14.6. The fourth-order valence-corrected chi connectivity index (χ4v) is 2.55. The van der Waals surface area contributed by atoms with Gasteiger partial charge in [-0.2, -0.15) is 4.37 Å². The van der Waals surface area contributed by atoms with Gasteiger partial charge in [0, 0.05) is 18.1 Å². The van der Waals surface area contributed by atoms with Gasteiger partial charge in [-0.15, -0.1) is 0 Å². The maximum absolute atomic E-state index is 11.6. The number of hydrogen-bond acceptors (Lipinski definition) is 6. The summed E-state index contributed by atoms with van der Waals surface area (Å²) in [5.74, 6) is -0.455. The Bertz CT molecular complexity index is 602. The molecule has 0 fully saturated rings. The normalized spacial score (nSPS) is 12.7. The topological polar surface area (TPSA) is 111 Å². The van der Waals surface area contributed by atoms with Crippen LogP contribution in [0.15, 0.2) is 4.79 Å². The number of carbonyl (C=O) groups is 2. The average molecular weight is 345 g/mol. The van der Waals surface area contributed by atoms with E-state index in [1.165, 1.54) is 0 Å². The van der Waals surface area contributed by atoms with Crippen LogP contribution in [0.1, 0.15) is 45.9 Å². The van der Waals surface area contributed by atoms with Gasteiger partial charge in [0.2, 0.25) is 0 Å². The molecule has 1 rings (SSSR count). The van der Waals surface area contributed by atoms with Crippen LogP contribution in [0.5, 0.6) is 0 Å². The van der Waals surface area contributed by atoms with Crippen molar-refractivity contribution < 1.29 is 19.4 Å². The zero-order valence-electron chi connectivity index (χ0n) is 13.8. The second kappa shape index (κ2) is 8.09. The first kappa shape index (κ1) is 19.1. The second-order valence-electron chi connectivity index (χ2n) is 6.18. The minimum atomic E-state index is -1.11. The van der Waals surface area contributed by atoms with E-state index in [0.29, 0.717) is 25.2 Å². The van der Waals surface area contributed by atoms with Crippen LogP contribution in [0, 0.1) is 6.92 Å². The molecule has 0 saturated heterocycles. The van der Waals surface area contributed by atoms with Gasteiger partial charge in [-0.05, 0) is 47.0 Å². The van der Waals surface area contributed by atoms with E-state index >= 15 is 0 Å². The van der Waals surface area contributed by atoms with Crippen LogP contribution in [0.2, 0.25) is 0 Å². The summed E-state index contributed by atoms with van der Waals surface area (Å²) >= 11 is 0.904. The summed E-state index contributed by atoms with van der Waals surface area (Å²) in [5, 5.41) is 11.5. The highest BCUT2D eigenvalue weighted by molar-refractivity contribution is 7.02. The van der Waals surface area contributed by atoms with Crippen LogP contribution in [0.25, 0.3) is 0 Å². The van der Waals surface area contributed by atoms with Crippen LogP contribution < -0.4 is 10.2 Å². The van der Waals surface area contributed by atoms with Crippen molar-refractivity contribution in [2.75, 3.05) is 0 Å². The Balaban J connectivity index is 2.43. The Labute approximate surface area is 138 Å². The fraction of sp³-hybridized carbons (Fsp3) is 0.714. The van der Waals surface area contributed by atoms with Gasteiger partial charge in [0.25, 0.3) is 0 Å². The third-order valence-electron chi connectivity index (χ3n) is 2.98. The molecule has 1 aromatic heterocycles. The molecule has 1 aromatic rings. The lowest BCUT2D eigenvalue weighted by molar-refractivity contribution is -0.139. The summed E-state index contributed by atoms with van der Waals surface area (Å²) in [5.41, 5.74) is -0.683. The van der Waals surface area contributed by atoms with Gasteiger partial charge in [0.15, 0.2) is 0 Å². The van der Waals surface area contributed by atoms with E-state index in [2.05, 4.69) is 9.69 Å². The maximum atomic E-state index is 11.6. The van der Waals surface area contributed by atoms with Crippen LogP contribution in [0.3, 0.4) is 0 Å². The Morgan fingerprint density at radius 2 is 2.04 bits per heavy atom. The lowest BCUT2D eigenvalue weighted by Gasteiger charge is -2.22. The molecular formula is C14H23N3O5S. The van der Waals surface area contributed by atoms with Crippen molar-refractivity contribution >= 4 is 23.6 Å². The summed E-state index contributed by atoms with van der Waals surface area (Å²) in [7, 11) is 0. The second-order valence-corrected chi connectivity index (χ2v) is 6.89. The molecule has 0 spiro atoms. The van der Waals surface area contributed by atoms with E-state index in [0.717, 1.165) is 11.5 Å². The number of carboxylic acid groups (broad SMARTS) is 1. The number of unbranched alkanes of at least 4 members (excludes halogenated alkanes) is 1. The summed E-state index contributed by atoms with van der Waals surface area (Å²) in [6, 6.07) is -1.01. The molecule has 23 heavy (non-hydrogen) atoms. The fourth-order valence-electron chi connectivity index (χ4n) is 1.91. The molecule has 0 bridgehead atoms. The smallest absolute Gasteiger partial charge is 0.408 e. The van der Waals surface area contributed by atoms with Crippen LogP contribution in [-0.2, 0) is 16.1 Å². The molecule has 0 aromatic carbocycles. The van der Waals surface area contributed by atoms with E-state index in [9.17, 15) is 14.4 Å². The van der Waals surface area contributed by atoms with Crippen molar-refractivity contribution in [1.82, 2.24) is 14.3 Å². The van der Waals surface area contributed by atoms with E-state index in [-0.39, 0.29) is 11.3 Å². The van der Waals surface area contributed by atoms with E-state index in [1.807, 2.05) is 0 Å². The van der Waals surface area contributed by atoms with Gasteiger partial charge in [-0.3, -0.25) is 9.36 Å². The maximum Gasteiger partial charge on any atom is 0.408 e. The summed E-state index contributed by atoms with van der Waals surface area (Å²) in [4.78, 5) is 34.2. The standard InChI is InChI=1S/C14H23N3O5S/c1-9-16-23-13(21)17(9)8-6-5-7-10(11(18)19)15-12(20)22-14(2,3)4/h10H,5-8H2,1-4H3,(H,15,20)(H,18,19). The monoisotopic (exact) mass is 345 g/mol. The first-order chi connectivity index (χ1) is 10.6. The molecule has 1 heterocycles. The van der Waals surface area contributed by atoms with Crippen molar-refractivity contribution in [1.29, 1.82) is 0 Å². The highest BCUT2D eigenvalue weighted by Gasteiger charge is 2.23. The number of amides is 1. The number of carboxylic acids is 1. The summed E-state index contributed by atoms with van der Waals surface area (Å²) < 4.78 is 10.6. The first-order valence-electron chi connectivity index (χ1n) is 7.35. The third kappa shape index (κ3) is 6.81. The van der Waals surface area contributed by atoms with Crippen molar-refractivity contribution in [3.05, 3.63) is 15.5 Å². The molecule has 2 N–H and O–H groups in total. The summed E-state index contributed by atoms with van der Waals surface area (Å²) in [6.07, 6.45) is 0.687. The minimum Gasteiger partial charge on any atom is -0.480 e. The molecule has 130 valence electrons. The van der Waals surface area contributed by atoms with Gasteiger partial charge in [-0.1, -0.05) is 0 Å². The van der Waals surface area contributed by atoms with Gasteiger partial charge in [0.1, 0.15) is 17.5 Å². The predicted molar refractivity (Wildman–Crippen MR) is 85.8 cm³/mol. The lowest BCUT2D eigenvalue weighted by atomic mass is 10.1. The van der Waals surface area contributed by atoms with E-state index < -0.39 is 23.7 Å². The van der Waals surface area contributed by atoms with Gasteiger partial charge in [0.05, 0.1) is 0 Å². The van der Waals surface area contributed by atoms with Gasteiger partial charge >= 0.3 is 16.9 Å². The number of nitrogens with zero attached hydrogens (tertiary/aromatic N) is 2. The minimum absolute atomic E-state index is 0.121. The highest BCUT2D eigenvalue weighted by atomic mass is 32.1. The molecule has 8 nitrogen and oxygen atoms in total. The molecule has 9 heteroatoms. The number of aryl methyl sites for hydroxylation is 1. The van der Waals surface area contributed by atoms with E-state index in [4.69, 9.17) is 9.84 Å². The number of rotatable bonds is 7. The predicted octanol–water partition coefficient (Wildman–Crippen LogP) is 1.76. The van der Waals surface area contributed by atoms with Crippen molar-refractivity contribution in [3.63, 3.8) is 0 Å². The Hall–Kier alpha value is -1.90. The Morgan fingerprint density at radius 1 is 1.39 bits per heavy atom. The Kier molecular flexibility index (Phi) is 6.74. The van der Waals surface area contributed by atoms with Crippen molar-refractivity contribution in [3.8, 4) is 0 Å². The van der Waals surface area contributed by atoms with Crippen molar-refractivity contribution in [2.45, 2.75) is 65.1 Å². The van der Waals surface area contributed by atoms with Gasteiger partial charge in [-0.25, -0.2) is 9.59 Å². The highest BCUT2D eigenvalue weighted by Crippen LogP contribution is 2.09. The third-order valence-corrected chi connectivity index (χ3v) is 3.71. The number of aromatic nitrogens is 2. The molecule has 0 saturated carbocycles. The molecule has 1 unspecified atom stereocenters. The Morgan fingerprint density at radius 3 is 2.52 bits per heavy atom. The molecule has 0 radical (unpaired) electrons. The number of hydrogen-bond donors (Lipinski definition) is 2. The zero-order chi connectivity index (χ0) is 17.6. The molecular weight excluding hydrogens is 322 g/mol. The SMILES string of the molecule is Cc1nsc(=O)n1CCCCC(NC(=O)OC(C)(C)C)C(=O)O. The number of aliphatic carboxylic acids is 1. The lowest BCUT2D eigenvalue weighted by Crippen LogP contribution is -2.43. The van der Waals surface area contributed by atoms with E-state index in [1.54, 1.807) is 32.3 Å². The number of nitrogens with one attached hydrogen (secondary N) is 1. The van der Waals surface area contributed by atoms with Crippen LogP contribution in [0.4, 0.5) is 4.79 Å². The molecule has 0 aliphatic rings. The molecule has 1 amide bonds. The largest absolute Gasteiger partial charge is 0.480 e. The molecule has 0 aliphatic heterocycles. The molecule has 0 aliphatic carbocycles. The number of alkyl carbamates (subject to hydrolysis) is 1. The first-order valence-corrected chi connectivity index (χ1v) is 8.13. The van der Waals surface area contributed by atoms with Gasteiger partial charge < -0.3 is 15.2 Å². The number of carbonyl (C=O) groups excluding carboxylic acids is 1. The van der Waals surface area contributed by atoms with Crippen LogP contribution >= 0.6 is 11.5 Å². The van der Waals surface area contributed by atoms with Crippen LogP contribution in [-0.4, -0.2) is 37.8 Å².